The molecular weight excluding hydrogens is 404 g/mol. The molecular formula is C22H18N2O5S. The molecule has 2 aromatic carbocycles. The maximum Gasteiger partial charge on any atom is 0.301 e. The Morgan fingerprint density at radius 2 is 1.90 bits per heavy atom. The zero-order chi connectivity index (χ0) is 21.4. The standard InChI is InChI=1S/C22H18N2O5S/c1-12-3-5-13(6-4-12)19(26)17-18(14-7-8-15(25)16(11-14)29-2)24(21(28)20(17)27)22-23-9-10-30-22/h3-11,18,25-26H,1-2H3/b19-17+. The average Bonchev–Trinajstić information content (AvgIpc) is 3.35. The zero-order valence-electron chi connectivity index (χ0n) is 16.2. The summed E-state index contributed by atoms with van der Waals surface area (Å²) >= 11 is 1.21. The first-order chi connectivity index (χ1) is 14.4. The van der Waals surface area contributed by atoms with E-state index in [-0.39, 0.29) is 22.8 Å². The van der Waals surface area contributed by atoms with Gasteiger partial charge < -0.3 is 14.9 Å². The van der Waals surface area contributed by atoms with E-state index in [1.165, 1.54) is 41.7 Å². The second kappa shape index (κ2) is 7.64. The largest absolute Gasteiger partial charge is 0.507 e. The lowest BCUT2D eigenvalue weighted by atomic mass is 9.95. The van der Waals surface area contributed by atoms with Crippen molar-refractivity contribution in [3.8, 4) is 11.5 Å². The monoisotopic (exact) mass is 422 g/mol. The predicted octanol–water partition coefficient (Wildman–Crippen LogP) is 3.79. The summed E-state index contributed by atoms with van der Waals surface area (Å²) in [6.45, 7) is 1.91. The molecule has 0 saturated carbocycles. The molecule has 1 amide bonds. The third-order valence-corrected chi connectivity index (χ3v) is 5.69. The van der Waals surface area contributed by atoms with Gasteiger partial charge in [-0.3, -0.25) is 14.5 Å². The SMILES string of the molecule is COc1cc(C2/C(=C(\O)c3ccc(C)cc3)C(=O)C(=O)N2c2nccs2)ccc1O. The fraction of sp³-hybridized carbons (Fsp3) is 0.136. The lowest BCUT2D eigenvalue weighted by Crippen LogP contribution is -2.29. The van der Waals surface area contributed by atoms with Crippen LogP contribution < -0.4 is 9.64 Å². The van der Waals surface area contributed by atoms with Gasteiger partial charge in [-0.05, 0) is 24.6 Å². The van der Waals surface area contributed by atoms with Gasteiger partial charge in [0.1, 0.15) is 5.76 Å². The third-order valence-electron chi connectivity index (χ3n) is 4.91. The summed E-state index contributed by atoms with van der Waals surface area (Å²) in [5.74, 6) is -1.75. The number of rotatable bonds is 4. The Kier molecular flexibility index (Phi) is 5.01. The van der Waals surface area contributed by atoms with Gasteiger partial charge in [-0.2, -0.15) is 0 Å². The number of anilines is 1. The highest BCUT2D eigenvalue weighted by molar-refractivity contribution is 7.14. The molecule has 152 valence electrons. The molecule has 1 atom stereocenters. The molecule has 2 N–H and O–H groups in total. The summed E-state index contributed by atoms with van der Waals surface area (Å²) in [4.78, 5) is 31.4. The summed E-state index contributed by atoms with van der Waals surface area (Å²) in [5, 5.41) is 23.0. The van der Waals surface area contributed by atoms with E-state index in [1.807, 2.05) is 19.1 Å². The number of phenols is 1. The molecule has 8 heteroatoms. The van der Waals surface area contributed by atoms with E-state index in [0.29, 0.717) is 16.3 Å². The summed E-state index contributed by atoms with van der Waals surface area (Å²) in [6, 6.07) is 10.6. The molecule has 1 fully saturated rings. The summed E-state index contributed by atoms with van der Waals surface area (Å²) in [6.07, 6.45) is 1.54. The van der Waals surface area contributed by atoms with E-state index in [4.69, 9.17) is 4.74 Å². The van der Waals surface area contributed by atoms with Crippen molar-refractivity contribution in [2.24, 2.45) is 0 Å². The Labute approximate surface area is 176 Å². The molecule has 7 nitrogen and oxygen atoms in total. The number of carbonyl (C=O) groups is 2. The van der Waals surface area contributed by atoms with Gasteiger partial charge in [-0.1, -0.05) is 35.9 Å². The Hall–Kier alpha value is -3.65. The van der Waals surface area contributed by atoms with Crippen LogP contribution in [0.3, 0.4) is 0 Å². The second-order valence-corrected chi connectivity index (χ2v) is 7.65. The molecule has 1 aliphatic heterocycles. The summed E-state index contributed by atoms with van der Waals surface area (Å²) < 4.78 is 5.19. The number of aromatic nitrogens is 1. The minimum Gasteiger partial charge on any atom is -0.507 e. The zero-order valence-corrected chi connectivity index (χ0v) is 17.0. The average molecular weight is 422 g/mol. The number of aromatic hydroxyl groups is 1. The van der Waals surface area contributed by atoms with Gasteiger partial charge in [0.15, 0.2) is 16.6 Å². The van der Waals surface area contributed by atoms with E-state index in [1.54, 1.807) is 23.6 Å². The summed E-state index contributed by atoms with van der Waals surface area (Å²) in [5.41, 5.74) is 1.86. The molecule has 4 rings (SSSR count). The first kappa shape index (κ1) is 19.7. The van der Waals surface area contributed by atoms with Crippen molar-refractivity contribution in [3.63, 3.8) is 0 Å². The molecule has 1 aromatic heterocycles. The van der Waals surface area contributed by atoms with Gasteiger partial charge >= 0.3 is 5.91 Å². The van der Waals surface area contributed by atoms with E-state index >= 15 is 0 Å². The highest BCUT2D eigenvalue weighted by Crippen LogP contribution is 2.44. The number of benzene rings is 2. The van der Waals surface area contributed by atoms with Gasteiger partial charge in [-0.15, -0.1) is 11.3 Å². The number of nitrogens with zero attached hydrogens (tertiary/aromatic N) is 2. The van der Waals surface area contributed by atoms with Crippen molar-refractivity contribution in [1.82, 2.24) is 4.98 Å². The van der Waals surface area contributed by atoms with E-state index < -0.39 is 17.7 Å². The van der Waals surface area contributed by atoms with Gasteiger partial charge in [0.2, 0.25) is 0 Å². The number of aryl methyl sites for hydroxylation is 1. The van der Waals surface area contributed by atoms with Crippen molar-refractivity contribution in [2.75, 3.05) is 12.0 Å². The summed E-state index contributed by atoms with van der Waals surface area (Å²) in [7, 11) is 1.41. The number of hydrogen-bond acceptors (Lipinski definition) is 7. The Balaban J connectivity index is 1.95. The smallest absolute Gasteiger partial charge is 0.301 e. The second-order valence-electron chi connectivity index (χ2n) is 6.78. The number of aliphatic hydroxyl groups is 1. The molecule has 0 spiro atoms. The first-order valence-electron chi connectivity index (χ1n) is 9.06. The lowest BCUT2D eigenvalue weighted by molar-refractivity contribution is -0.132. The molecule has 0 radical (unpaired) electrons. The molecule has 2 heterocycles. The molecule has 0 aliphatic carbocycles. The fourth-order valence-electron chi connectivity index (χ4n) is 3.41. The van der Waals surface area contributed by atoms with Gasteiger partial charge in [0.25, 0.3) is 5.78 Å². The van der Waals surface area contributed by atoms with E-state index in [0.717, 1.165) is 5.56 Å². The Morgan fingerprint density at radius 1 is 1.17 bits per heavy atom. The number of amides is 1. The van der Waals surface area contributed by atoms with Crippen LogP contribution >= 0.6 is 11.3 Å². The van der Waals surface area contributed by atoms with E-state index in [9.17, 15) is 19.8 Å². The molecule has 0 bridgehead atoms. The Morgan fingerprint density at radius 3 is 2.53 bits per heavy atom. The van der Waals surface area contributed by atoms with Crippen molar-refractivity contribution >= 4 is 33.9 Å². The normalized spacial score (nSPS) is 18.1. The fourth-order valence-corrected chi connectivity index (χ4v) is 4.08. The number of carbonyl (C=O) groups excluding carboxylic acids is 2. The molecule has 1 saturated heterocycles. The number of thiazole rings is 1. The van der Waals surface area contributed by atoms with Crippen LogP contribution in [0.4, 0.5) is 5.13 Å². The molecule has 1 unspecified atom stereocenters. The molecule has 30 heavy (non-hydrogen) atoms. The van der Waals surface area contributed by atoms with Crippen LogP contribution in [-0.2, 0) is 9.59 Å². The van der Waals surface area contributed by atoms with Crippen LogP contribution in [0.1, 0.15) is 22.7 Å². The maximum absolute atomic E-state index is 13.0. The molecule has 3 aromatic rings. The van der Waals surface area contributed by atoms with Crippen LogP contribution in [0.2, 0.25) is 0 Å². The number of phenolic OH excluding ortho intramolecular Hbond substituents is 1. The highest BCUT2D eigenvalue weighted by atomic mass is 32.1. The van der Waals surface area contributed by atoms with Crippen LogP contribution in [0.25, 0.3) is 5.76 Å². The number of hydrogen-bond donors (Lipinski definition) is 2. The number of ether oxygens (including phenoxy) is 1. The molecule has 1 aliphatic rings. The maximum atomic E-state index is 13.0. The van der Waals surface area contributed by atoms with Crippen molar-refractivity contribution in [3.05, 3.63) is 76.3 Å². The van der Waals surface area contributed by atoms with Crippen LogP contribution in [0.15, 0.2) is 59.6 Å². The highest BCUT2D eigenvalue weighted by Gasteiger charge is 2.48. The van der Waals surface area contributed by atoms with Crippen molar-refractivity contribution in [2.45, 2.75) is 13.0 Å². The van der Waals surface area contributed by atoms with Crippen molar-refractivity contribution in [1.29, 1.82) is 0 Å². The van der Waals surface area contributed by atoms with Crippen LogP contribution in [0.5, 0.6) is 11.5 Å². The topological polar surface area (TPSA) is 100.0 Å². The predicted molar refractivity (Wildman–Crippen MR) is 113 cm³/mol. The van der Waals surface area contributed by atoms with Crippen molar-refractivity contribution < 1.29 is 24.5 Å². The number of ketones is 1. The first-order valence-corrected chi connectivity index (χ1v) is 9.94. The van der Waals surface area contributed by atoms with Crippen LogP contribution in [-0.4, -0.2) is 34.0 Å². The number of aliphatic hydroxyl groups excluding tert-OH is 1. The third kappa shape index (κ3) is 3.21. The Bertz CT molecular complexity index is 1150. The number of methoxy groups -OCH3 is 1. The van der Waals surface area contributed by atoms with E-state index in [2.05, 4.69) is 4.98 Å². The van der Waals surface area contributed by atoms with Gasteiger partial charge in [0, 0.05) is 17.1 Å². The minimum absolute atomic E-state index is 0.0493. The van der Waals surface area contributed by atoms with Gasteiger partial charge in [0.05, 0.1) is 18.7 Å². The minimum atomic E-state index is -0.924. The quantitative estimate of drug-likeness (QED) is 0.377. The lowest BCUT2D eigenvalue weighted by Gasteiger charge is -2.23. The number of Topliss-reactive ketones (excluding diaryl/α,β-unsaturated/α-hetero) is 1. The van der Waals surface area contributed by atoms with Crippen LogP contribution in [0, 0.1) is 6.92 Å². The van der Waals surface area contributed by atoms with Gasteiger partial charge in [-0.25, -0.2) is 4.98 Å².